The molecule has 0 radical (unpaired) electrons. The third kappa shape index (κ3) is 4.44. The highest BCUT2D eigenvalue weighted by atomic mass is 35.5. The zero-order valence-corrected chi connectivity index (χ0v) is 11.4. The van der Waals surface area contributed by atoms with Gasteiger partial charge in [0, 0.05) is 12.2 Å². The number of rotatable bonds is 5. The predicted molar refractivity (Wildman–Crippen MR) is 73.6 cm³/mol. The van der Waals surface area contributed by atoms with Gasteiger partial charge in [-0.25, -0.2) is 4.98 Å². The quantitative estimate of drug-likeness (QED) is 0.863. The van der Waals surface area contributed by atoms with Crippen molar-refractivity contribution >= 4 is 35.1 Å². The van der Waals surface area contributed by atoms with Crippen molar-refractivity contribution in [1.29, 1.82) is 0 Å². The van der Waals surface area contributed by atoms with E-state index in [1.807, 2.05) is 13.2 Å². The third-order valence-corrected chi connectivity index (χ3v) is 3.21. The first-order valence-corrected chi connectivity index (χ1v) is 7.02. The highest BCUT2D eigenvalue weighted by molar-refractivity contribution is 7.98. The molecule has 0 aliphatic rings. The second-order valence-electron chi connectivity index (χ2n) is 3.75. The van der Waals surface area contributed by atoms with Gasteiger partial charge in [0.25, 0.3) is 5.91 Å². The molecule has 0 saturated carbocycles. The molecule has 1 amide bonds. The van der Waals surface area contributed by atoms with Crippen molar-refractivity contribution in [3.8, 4) is 0 Å². The van der Waals surface area contributed by atoms with Crippen LogP contribution in [0.1, 0.15) is 23.7 Å². The number of nitrogens with two attached hydrogens (primary N) is 1. The summed E-state index contributed by atoms with van der Waals surface area (Å²) in [6, 6.07) is 1.66. The van der Waals surface area contributed by atoms with Crippen LogP contribution in [0, 0.1) is 0 Å². The fourth-order valence-corrected chi connectivity index (χ4v) is 2.00. The molecule has 1 aromatic heterocycles. The summed E-state index contributed by atoms with van der Waals surface area (Å²) in [5.74, 6) is 1.08. The van der Waals surface area contributed by atoms with Gasteiger partial charge in [0.05, 0.1) is 10.6 Å². The van der Waals surface area contributed by atoms with E-state index in [0.717, 1.165) is 12.2 Å². The Bertz CT molecular complexity index is 400. The van der Waals surface area contributed by atoms with Crippen LogP contribution in [-0.2, 0) is 0 Å². The lowest BCUT2D eigenvalue weighted by atomic mass is 10.2. The molecule has 0 aromatic carbocycles. The number of carbonyl (C=O) groups excluding carboxylic acids is 1. The van der Waals surface area contributed by atoms with Crippen molar-refractivity contribution in [2.45, 2.75) is 19.4 Å². The first-order chi connectivity index (χ1) is 8.04. The van der Waals surface area contributed by atoms with Gasteiger partial charge in [0.15, 0.2) is 0 Å². The number of thioether (sulfide) groups is 1. The number of hydrogen-bond donors (Lipinski definition) is 2. The molecule has 0 aliphatic carbocycles. The van der Waals surface area contributed by atoms with Crippen LogP contribution in [0.5, 0.6) is 0 Å². The van der Waals surface area contributed by atoms with Crippen molar-refractivity contribution < 1.29 is 4.79 Å². The van der Waals surface area contributed by atoms with Gasteiger partial charge in [-0.1, -0.05) is 11.6 Å². The van der Waals surface area contributed by atoms with E-state index in [-0.39, 0.29) is 17.8 Å². The van der Waals surface area contributed by atoms with E-state index in [1.165, 1.54) is 12.3 Å². The van der Waals surface area contributed by atoms with Crippen LogP contribution in [0.3, 0.4) is 0 Å². The number of nitrogens with one attached hydrogen (secondary N) is 1. The van der Waals surface area contributed by atoms with Gasteiger partial charge >= 0.3 is 0 Å². The van der Waals surface area contributed by atoms with Gasteiger partial charge in [-0.3, -0.25) is 4.79 Å². The molecule has 0 aliphatic heterocycles. The Morgan fingerprint density at radius 1 is 1.71 bits per heavy atom. The number of halogens is 1. The van der Waals surface area contributed by atoms with Crippen LogP contribution in [0.2, 0.25) is 5.02 Å². The number of anilines is 1. The summed E-state index contributed by atoms with van der Waals surface area (Å²) >= 11 is 7.56. The first-order valence-electron chi connectivity index (χ1n) is 5.25. The van der Waals surface area contributed by atoms with Gasteiger partial charge in [0.2, 0.25) is 0 Å². The van der Waals surface area contributed by atoms with Crippen molar-refractivity contribution in [3.63, 3.8) is 0 Å². The molecule has 6 heteroatoms. The van der Waals surface area contributed by atoms with Gasteiger partial charge < -0.3 is 11.1 Å². The lowest BCUT2D eigenvalue weighted by molar-refractivity contribution is 0.0939. The van der Waals surface area contributed by atoms with Crippen LogP contribution in [0.25, 0.3) is 0 Å². The topological polar surface area (TPSA) is 68.0 Å². The van der Waals surface area contributed by atoms with Crippen molar-refractivity contribution in [1.82, 2.24) is 10.3 Å². The molecule has 0 spiro atoms. The average molecular weight is 274 g/mol. The molecule has 4 nitrogen and oxygen atoms in total. The highest BCUT2D eigenvalue weighted by Crippen LogP contribution is 2.16. The fourth-order valence-electron chi connectivity index (χ4n) is 1.25. The summed E-state index contributed by atoms with van der Waals surface area (Å²) in [5, 5.41) is 3.19. The minimum absolute atomic E-state index is 0.131. The van der Waals surface area contributed by atoms with Gasteiger partial charge in [0.1, 0.15) is 5.82 Å². The summed E-state index contributed by atoms with van der Waals surface area (Å²) < 4.78 is 0. The van der Waals surface area contributed by atoms with Crippen LogP contribution < -0.4 is 11.1 Å². The van der Waals surface area contributed by atoms with E-state index >= 15 is 0 Å². The summed E-state index contributed by atoms with van der Waals surface area (Å²) in [7, 11) is 0. The normalized spacial score (nSPS) is 12.2. The molecule has 3 N–H and O–H groups in total. The summed E-state index contributed by atoms with van der Waals surface area (Å²) in [6.07, 6.45) is 4.40. The molecule has 1 rings (SSSR count). The summed E-state index contributed by atoms with van der Waals surface area (Å²) in [6.45, 7) is 1.97. The van der Waals surface area contributed by atoms with E-state index in [0.29, 0.717) is 10.6 Å². The van der Waals surface area contributed by atoms with Crippen LogP contribution in [-0.4, -0.2) is 28.9 Å². The first kappa shape index (κ1) is 14.1. The van der Waals surface area contributed by atoms with Crippen molar-refractivity contribution in [2.24, 2.45) is 0 Å². The van der Waals surface area contributed by atoms with E-state index in [4.69, 9.17) is 17.3 Å². The van der Waals surface area contributed by atoms with E-state index in [9.17, 15) is 4.79 Å². The number of nitrogen functional groups attached to an aromatic ring is 1. The smallest absolute Gasteiger partial charge is 0.253 e. The van der Waals surface area contributed by atoms with Gasteiger partial charge in [-0.05, 0) is 31.4 Å². The van der Waals surface area contributed by atoms with E-state index in [1.54, 1.807) is 11.8 Å². The Balaban J connectivity index is 2.60. The molecule has 17 heavy (non-hydrogen) atoms. The summed E-state index contributed by atoms with van der Waals surface area (Å²) in [4.78, 5) is 15.7. The zero-order valence-electron chi connectivity index (χ0n) is 9.87. The Hall–Kier alpha value is -0.940. The maximum absolute atomic E-state index is 11.8. The minimum atomic E-state index is -0.173. The lowest BCUT2D eigenvalue weighted by Crippen LogP contribution is -2.33. The number of nitrogens with zero attached hydrogens (tertiary/aromatic N) is 1. The molecule has 0 fully saturated rings. The molecule has 1 aromatic rings. The SMILES string of the molecule is CSCCC(C)NC(=O)c1cnc(N)c(Cl)c1. The standard InChI is InChI=1S/C11H16ClN3OS/c1-7(3-4-17-2)15-11(16)8-5-9(12)10(13)14-6-8/h5-7H,3-4H2,1-2H3,(H2,13,14)(H,15,16). The minimum Gasteiger partial charge on any atom is -0.382 e. The second kappa shape index (κ2) is 6.71. The zero-order chi connectivity index (χ0) is 12.8. The maximum Gasteiger partial charge on any atom is 0.253 e. The number of amides is 1. The second-order valence-corrected chi connectivity index (χ2v) is 5.14. The molecule has 1 unspecified atom stereocenters. The van der Waals surface area contributed by atoms with E-state index in [2.05, 4.69) is 10.3 Å². The number of pyridine rings is 1. The summed E-state index contributed by atoms with van der Waals surface area (Å²) in [5.41, 5.74) is 5.91. The Kier molecular flexibility index (Phi) is 5.58. The molecule has 1 atom stereocenters. The van der Waals surface area contributed by atoms with Crippen LogP contribution in [0.15, 0.2) is 12.3 Å². The molecule has 0 bridgehead atoms. The maximum atomic E-state index is 11.8. The Labute approximate surface area is 110 Å². The van der Waals surface area contributed by atoms with Gasteiger partial charge in [-0.2, -0.15) is 11.8 Å². The fraction of sp³-hybridized carbons (Fsp3) is 0.455. The number of hydrogen-bond acceptors (Lipinski definition) is 4. The lowest BCUT2D eigenvalue weighted by Gasteiger charge is -2.13. The van der Waals surface area contributed by atoms with Crippen LogP contribution >= 0.6 is 23.4 Å². The predicted octanol–water partition coefficient (Wildman–Crippen LogP) is 2.19. The Morgan fingerprint density at radius 2 is 2.41 bits per heavy atom. The monoisotopic (exact) mass is 273 g/mol. The highest BCUT2D eigenvalue weighted by Gasteiger charge is 2.11. The van der Waals surface area contributed by atoms with Gasteiger partial charge in [-0.15, -0.1) is 0 Å². The number of carbonyl (C=O) groups is 1. The third-order valence-electron chi connectivity index (χ3n) is 2.26. The average Bonchev–Trinajstić information content (AvgIpc) is 2.30. The molecule has 0 saturated heterocycles. The van der Waals surface area contributed by atoms with Crippen molar-refractivity contribution in [2.75, 3.05) is 17.7 Å². The van der Waals surface area contributed by atoms with E-state index < -0.39 is 0 Å². The molecule has 94 valence electrons. The molecular formula is C11H16ClN3OS. The molecule has 1 heterocycles. The Morgan fingerprint density at radius 3 is 3.00 bits per heavy atom. The van der Waals surface area contributed by atoms with Crippen molar-refractivity contribution in [3.05, 3.63) is 22.8 Å². The molecular weight excluding hydrogens is 258 g/mol. The number of aromatic nitrogens is 1. The van der Waals surface area contributed by atoms with Crippen LogP contribution in [0.4, 0.5) is 5.82 Å². The largest absolute Gasteiger partial charge is 0.382 e.